The summed E-state index contributed by atoms with van der Waals surface area (Å²) in [6, 6.07) is -1.59. The van der Waals surface area contributed by atoms with Crippen LogP contribution in [-0.4, -0.2) is 52.9 Å². The van der Waals surface area contributed by atoms with Crippen molar-refractivity contribution in [1.29, 1.82) is 0 Å². The average Bonchev–Trinajstić information content (AvgIpc) is 3.17. The maximum absolute atomic E-state index is 12.4. The number of oxazole rings is 1. The quantitative estimate of drug-likeness (QED) is 0.701. The predicted octanol–water partition coefficient (Wildman–Crippen LogP) is 0.248. The molecule has 0 radical (unpaired) electrons. The number of carbonyl (C=O) groups excluding carboxylic acids is 3. The van der Waals surface area contributed by atoms with Gasteiger partial charge in [0.2, 0.25) is 11.7 Å². The van der Waals surface area contributed by atoms with Gasteiger partial charge in [-0.05, 0) is 33.1 Å². The Morgan fingerprint density at radius 2 is 2.04 bits per heavy atom. The van der Waals surface area contributed by atoms with Gasteiger partial charge in [-0.25, -0.2) is 9.78 Å². The van der Waals surface area contributed by atoms with Crippen LogP contribution in [0.5, 0.6) is 0 Å². The van der Waals surface area contributed by atoms with Crippen LogP contribution in [0.2, 0.25) is 0 Å². The van der Waals surface area contributed by atoms with Gasteiger partial charge in [0.1, 0.15) is 6.04 Å². The fraction of sp³-hybridized carbons (Fsp3) is 0.625. The molecule has 4 N–H and O–H groups in total. The molecule has 2 aliphatic rings. The van der Waals surface area contributed by atoms with E-state index in [1.165, 1.54) is 0 Å². The van der Waals surface area contributed by atoms with E-state index in [2.05, 4.69) is 15.6 Å². The molecular formula is C16H23N5O4. The number of urea groups is 1. The number of nitrogens with zero attached hydrogens (tertiary/aromatic N) is 2. The van der Waals surface area contributed by atoms with Gasteiger partial charge in [-0.1, -0.05) is 0 Å². The van der Waals surface area contributed by atoms with Crippen LogP contribution in [0.25, 0.3) is 0 Å². The minimum Gasteiger partial charge on any atom is -0.435 e. The summed E-state index contributed by atoms with van der Waals surface area (Å²) in [4.78, 5) is 41.4. The Labute approximate surface area is 145 Å². The molecule has 136 valence electrons. The number of rotatable bonds is 5. The normalized spacial score (nSPS) is 21.0. The smallest absolute Gasteiger partial charge is 0.312 e. The van der Waals surface area contributed by atoms with E-state index in [9.17, 15) is 14.4 Å². The van der Waals surface area contributed by atoms with Crippen molar-refractivity contribution in [3.05, 3.63) is 17.3 Å². The standard InChI is InChI=1S/C16H23N5O4/c1-8-12(25-14(18-8)10-3-4-10)13(22)20-11-5-6-21(7-11)15(23)9(2)19-16(17)24/h9-11H,3-7H2,1-2H3,(H,20,22)(H3,17,19,24). The lowest BCUT2D eigenvalue weighted by Crippen LogP contribution is -2.48. The zero-order valence-electron chi connectivity index (χ0n) is 14.4. The molecule has 1 aliphatic carbocycles. The number of aryl methyl sites for hydroxylation is 1. The Balaban J connectivity index is 1.55. The highest BCUT2D eigenvalue weighted by Gasteiger charge is 2.33. The van der Waals surface area contributed by atoms with Crippen LogP contribution in [0.1, 0.15) is 54.2 Å². The summed E-state index contributed by atoms with van der Waals surface area (Å²) < 4.78 is 5.60. The lowest BCUT2D eigenvalue weighted by molar-refractivity contribution is -0.131. The van der Waals surface area contributed by atoms with E-state index in [1.54, 1.807) is 18.7 Å². The van der Waals surface area contributed by atoms with E-state index in [1.807, 2.05) is 0 Å². The second kappa shape index (κ2) is 6.73. The van der Waals surface area contributed by atoms with Crippen molar-refractivity contribution in [1.82, 2.24) is 20.5 Å². The maximum atomic E-state index is 12.4. The fourth-order valence-electron chi connectivity index (χ4n) is 3.01. The summed E-state index contributed by atoms with van der Waals surface area (Å²) in [7, 11) is 0. The Morgan fingerprint density at radius 1 is 1.32 bits per heavy atom. The number of likely N-dealkylation sites (tertiary alicyclic amines) is 1. The second-order valence-corrected chi connectivity index (χ2v) is 6.71. The van der Waals surface area contributed by atoms with Crippen molar-refractivity contribution in [2.75, 3.05) is 13.1 Å². The van der Waals surface area contributed by atoms with E-state index in [4.69, 9.17) is 10.2 Å². The van der Waals surface area contributed by atoms with Gasteiger partial charge in [-0.15, -0.1) is 0 Å². The van der Waals surface area contributed by atoms with E-state index < -0.39 is 12.1 Å². The molecule has 9 nitrogen and oxygen atoms in total. The van der Waals surface area contributed by atoms with Crippen LogP contribution in [0.3, 0.4) is 0 Å². The number of hydrogen-bond donors (Lipinski definition) is 3. The first-order chi connectivity index (χ1) is 11.8. The number of hydrogen-bond acceptors (Lipinski definition) is 5. The molecule has 0 aromatic carbocycles. The average molecular weight is 349 g/mol. The fourth-order valence-corrected chi connectivity index (χ4v) is 3.01. The highest BCUT2D eigenvalue weighted by molar-refractivity contribution is 5.93. The third-order valence-electron chi connectivity index (χ3n) is 4.51. The molecule has 0 bridgehead atoms. The van der Waals surface area contributed by atoms with E-state index >= 15 is 0 Å². The number of primary amides is 1. The first kappa shape index (κ1) is 17.2. The van der Waals surface area contributed by atoms with Crippen LogP contribution in [0.4, 0.5) is 4.79 Å². The highest BCUT2D eigenvalue weighted by atomic mass is 16.4. The van der Waals surface area contributed by atoms with Gasteiger partial charge in [-0.3, -0.25) is 9.59 Å². The lowest BCUT2D eigenvalue weighted by atomic mass is 10.2. The Hall–Kier alpha value is -2.58. The molecule has 1 saturated carbocycles. The van der Waals surface area contributed by atoms with Gasteiger partial charge in [0, 0.05) is 25.0 Å². The molecule has 2 unspecified atom stereocenters. The van der Waals surface area contributed by atoms with Crippen molar-refractivity contribution in [2.24, 2.45) is 5.73 Å². The van der Waals surface area contributed by atoms with Crippen molar-refractivity contribution in [2.45, 2.75) is 51.1 Å². The molecule has 2 heterocycles. The van der Waals surface area contributed by atoms with Crippen LogP contribution >= 0.6 is 0 Å². The predicted molar refractivity (Wildman–Crippen MR) is 87.8 cm³/mol. The van der Waals surface area contributed by atoms with Crippen LogP contribution in [0.15, 0.2) is 4.42 Å². The van der Waals surface area contributed by atoms with Crippen LogP contribution in [-0.2, 0) is 4.79 Å². The molecule has 2 fully saturated rings. The first-order valence-electron chi connectivity index (χ1n) is 8.48. The largest absolute Gasteiger partial charge is 0.435 e. The number of carbonyl (C=O) groups is 3. The SMILES string of the molecule is Cc1nc(C2CC2)oc1C(=O)NC1CCN(C(=O)C(C)NC(N)=O)C1. The topological polar surface area (TPSA) is 131 Å². The van der Waals surface area contributed by atoms with Gasteiger partial charge in [0.15, 0.2) is 5.89 Å². The van der Waals surface area contributed by atoms with Crippen LogP contribution in [0, 0.1) is 6.92 Å². The lowest BCUT2D eigenvalue weighted by Gasteiger charge is -2.21. The van der Waals surface area contributed by atoms with Gasteiger partial charge in [-0.2, -0.15) is 0 Å². The number of nitrogens with two attached hydrogens (primary N) is 1. The summed E-state index contributed by atoms with van der Waals surface area (Å²) in [5, 5.41) is 5.26. The molecular weight excluding hydrogens is 326 g/mol. The molecule has 2 atom stereocenters. The Bertz CT molecular complexity index is 697. The Morgan fingerprint density at radius 3 is 2.68 bits per heavy atom. The van der Waals surface area contributed by atoms with E-state index in [0.717, 1.165) is 12.8 Å². The van der Waals surface area contributed by atoms with Gasteiger partial charge in [0.25, 0.3) is 5.91 Å². The molecule has 1 saturated heterocycles. The summed E-state index contributed by atoms with van der Waals surface area (Å²) in [6.45, 7) is 4.23. The number of aromatic nitrogens is 1. The molecule has 4 amide bonds. The highest BCUT2D eigenvalue weighted by Crippen LogP contribution is 2.40. The summed E-state index contributed by atoms with van der Waals surface area (Å²) in [5.41, 5.74) is 5.62. The molecule has 3 rings (SSSR count). The van der Waals surface area contributed by atoms with Gasteiger partial charge >= 0.3 is 6.03 Å². The van der Waals surface area contributed by atoms with Crippen molar-refractivity contribution in [3.8, 4) is 0 Å². The Kier molecular flexibility index (Phi) is 4.65. The maximum Gasteiger partial charge on any atom is 0.312 e. The van der Waals surface area contributed by atoms with E-state index in [0.29, 0.717) is 37.0 Å². The van der Waals surface area contributed by atoms with Crippen molar-refractivity contribution < 1.29 is 18.8 Å². The minimum absolute atomic E-state index is 0.161. The summed E-state index contributed by atoms with van der Waals surface area (Å²) in [5.74, 6) is 0.702. The third kappa shape index (κ3) is 3.92. The van der Waals surface area contributed by atoms with Gasteiger partial charge in [0.05, 0.1) is 5.69 Å². The minimum atomic E-state index is -0.739. The second-order valence-electron chi connectivity index (χ2n) is 6.71. The van der Waals surface area contributed by atoms with Crippen molar-refractivity contribution >= 4 is 17.8 Å². The molecule has 1 aliphatic heterocycles. The molecule has 9 heteroatoms. The zero-order valence-corrected chi connectivity index (χ0v) is 14.4. The first-order valence-corrected chi connectivity index (χ1v) is 8.48. The summed E-state index contributed by atoms with van der Waals surface area (Å²) >= 11 is 0. The van der Waals surface area contributed by atoms with Crippen molar-refractivity contribution in [3.63, 3.8) is 0 Å². The molecule has 0 spiro atoms. The monoisotopic (exact) mass is 349 g/mol. The number of nitrogens with one attached hydrogen (secondary N) is 2. The molecule has 1 aromatic heterocycles. The van der Waals surface area contributed by atoms with E-state index in [-0.39, 0.29) is 23.6 Å². The van der Waals surface area contributed by atoms with Crippen LogP contribution < -0.4 is 16.4 Å². The summed E-state index contributed by atoms with van der Waals surface area (Å²) in [6.07, 6.45) is 2.75. The number of amides is 4. The third-order valence-corrected chi connectivity index (χ3v) is 4.51. The van der Waals surface area contributed by atoms with Gasteiger partial charge < -0.3 is 25.7 Å². The molecule has 1 aromatic rings. The molecule has 25 heavy (non-hydrogen) atoms. The zero-order chi connectivity index (χ0) is 18.1.